The highest BCUT2D eigenvalue weighted by Crippen LogP contribution is 2.22. The number of para-hydroxylation sites is 1. The minimum atomic E-state index is -0.276. The minimum absolute atomic E-state index is 0.276. The largest absolute Gasteiger partial charge is 0.341 e. The molecule has 24 heavy (non-hydrogen) atoms. The summed E-state index contributed by atoms with van der Waals surface area (Å²) < 4.78 is 15.8. The zero-order valence-corrected chi connectivity index (χ0v) is 14.0. The lowest BCUT2D eigenvalue weighted by Gasteiger charge is -2.23. The van der Waals surface area contributed by atoms with Crippen LogP contribution in [0.1, 0.15) is 30.3 Å². The van der Waals surface area contributed by atoms with Crippen molar-refractivity contribution in [2.24, 2.45) is 0 Å². The molecular formula is C17H21FN6. The Morgan fingerprint density at radius 2 is 2.17 bits per heavy atom. The maximum atomic E-state index is 13.8. The summed E-state index contributed by atoms with van der Waals surface area (Å²) >= 11 is 0. The highest BCUT2D eigenvalue weighted by atomic mass is 19.1. The molecule has 1 aliphatic heterocycles. The number of benzene rings is 1. The maximum Gasteiger partial charge on any atom is 0.151 e. The number of imidazole rings is 1. The Morgan fingerprint density at radius 1 is 1.29 bits per heavy atom. The van der Waals surface area contributed by atoms with Crippen molar-refractivity contribution in [3.63, 3.8) is 0 Å². The van der Waals surface area contributed by atoms with Crippen LogP contribution in [0.5, 0.6) is 0 Å². The molecule has 0 spiro atoms. The monoisotopic (exact) mass is 328 g/mol. The minimum Gasteiger partial charge on any atom is -0.341 e. The molecule has 0 bridgehead atoms. The molecule has 6 nitrogen and oxygen atoms in total. The number of hydrogen-bond acceptors (Lipinski definition) is 4. The highest BCUT2D eigenvalue weighted by Gasteiger charge is 2.26. The van der Waals surface area contributed by atoms with Gasteiger partial charge in [-0.15, -0.1) is 0 Å². The van der Waals surface area contributed by atoms with Gasteiger partial charge in [0.2, 0.25) is 0 Å². The average Bonchev–Trinajstić information content (AvgIpc) is 3.21. The van der Waals surface area contributed by atoms with Crippen LogP contribution >= 0.6 is 0 Å². The number of nitrogens with one attached hydrogen (secondary N) is 1. The molecule has 126 valence electrons. The van der Waals surface area contributed by atoms with E-state index >= 15 is 0 Å². The summed E-state index contributed by atoms with van der Waals surface area (Å²) in [4.78, 5) is 14.4. The standard InChI is InChI=1S/C17H21FN6/c1-11-19-12(2)24(22-11)9-13-5-4-8-23(13)10-16-20-15-7-3-6-14(18)17(15)21-16/h3,6-7,13H,4-5,8-10H2,1-2H3,(H,20,21)/t13-/m1/s1. The lowest BCUT2D eigenvalue weighted by molar-refractivity contribution is 0.213. The van der Waals surface area contributed by atoms with Crippen molar-refractivity contribution < 1.29 is 4.39 Å². The first-order valence-electron chi connectivity index (χ1n) is 8.35. The van der Waals surface area contributed by atoms with E-state index in [1.807, 2.05) is 24.6 Å². The van der Waals surface area contributed by atoms with Crippen molar-refractivity contribution in [2.45, 2.75) is 45.8 Å². The van der Waals surface area contributed by atoms with Crippen LogP contribution in [0.25, 0.3) is 11.0 Å². The van der Waals surface area contributed by atoms with Crippen LogP contribution < -0.4 is 0 Å². The number of nitrogens with zero attached hydrogens (tertiary/aromatic N) is 5. The molecule has 3 heterocycles. The number of hydrogen-bond donors (Lipinski definition) is 1. The van der Waals surface area contributed by atoms with Gasteiger partial charge in [0.1, 0.15) is 23.0 Å². The van der Waals surface area contributed by atoms with E-state index in [2.05, 4.69) is 25.0 Å². The Kier molecular flexibility index (Phi) is 3.80. The van der Waals surface area contributed by atoms with Gasteiger partial charge in [-0.3, -0.25) is 4.90 Å². The van der Waals surface area contributed by atoms with Gasteiger partial charge in [0.25, 0.3) is 0 Å². The molecule has 0 saturated carbocycles. The summed E-state index contributed by atoms with van der Waals surface area (Å²) in [7, 11) is 0. The lowest BCUT2D eigenvalue weighted by atomic mass is 10.2. The van der Waals surface area contributed by atoms with Gasteiger partial charge in [0, 0.05) is 6.04 Å². The van der Waals surface area contributed by atoms with Gasteiger partial charge in [0.15, 0.2) is 5.82 Å². The molecule has 1 N–H and O–H groups in total. The lowest BCUT2D eigenvalue weighted by Crippen LogP contribution is -2.33. The molecule has 0 radical (unpaired) electrons. The van der Waals surface area contributed by atoms with E-state index in [-0.39, 0.29) is 5.82 Å². The van der Waals surface area contributed by atoms with E-state index in [1.165, 1.54) is 6.07 Å². The molecular weight excluding hydrogens is 307 g/mol. The Hall–Kier alpha value is -2.28. The van der Waals surface area contributed by atoms with Crippen molar-refractivity contribution in [1.82, 2.24) is 29.6 Å². The fourth-order valence-electron chi connectivity index (χ4n) is 3.56. The number of aromatic nitrogens is 5. The van der Waals surface area contributed by atoms with Crippen molar-refractivity contribution >= 4 is 11.0 Å². The van der Waals surface area contributed by atoms with Gasteiger partial charge in [-0.05, 0) is 45.4 Å². The van der Waals surface area contributed by atoms with Crippen LogP contribution in [-0.2, 0) is 13.1 Å². The first kappa shape index (κ1) is 15.3. The van der Waals surface area contributed by atoms with Gasteiger partial charge in [-0.25, -0.2) is 19.0 Å². The molecule has 0 amide bonds. The predicted octanol–water partition coefficient (Wildman–Crippen LogP) is 2.57. The van der Waals surface area contributed by atoms with E-state index < -0.39 is 0 Å². The maximum absolute atomic E-state index is 13.8. The van der Waals surface area contributed by atoms with Crippen LogP contribution in [0, 0.1) is 19.7 Å². The first-order valence-corrected chi connectivity index (χ1v) is 8.35. The molecule has 3 aromatic rings. The van der Waals surface area contributed by atoms with Crippen LogP contribution in [0.2, 0.25) is 0 Å². The number of H-pyrrole nitrogens is 1. The van der Waals surface area contributed by atoms with E-state index in [4.69, 9.17) is 0 Å². The Bertz CT molecular complexity index is 867. The van der Waals surface area contributed by atoms with Gasteiger partial charge >= 0.3 is 0 Å². The fourth-order valence-corrected chi connectivity index (χ4v) is 3.56. The molecule has 1 saturated heterocycles. The Morgan fingerprint density at radius 3 is 2.92 bits per heavy atom. The normalized spacial score (nSPS) is 18.7. The van der Waals surface area contributed by atoms with E-state index in [0.717, 1.165) is 48.9 Å². The van der Waals surface area contributed by atoms with Crippen LogP contribution in [0.4, 0.5) is 4.39 Å². The van der Waals surface area contributed by atoms with Crippen molar-refractivity contribution in [3.05, 3.63) is 41.5 Å². The van der Waals surface area contributed by atoms with Crippen LogP contribution in [-0.4, -0.2) is 42.2 Å². The summed E-state index contributed by atoms with van der Waals surface area (Å²) in [6.07, 6.45) is 2.29. The molecule has 1 fully saturated rings. The second kappa shape index (κ2) is 5.98. The summed E-state index contributed by atoms with van der Waals surface area (Å²) in [5.41, 5.74) is 1.18. The molecule has 2 aromatic heterocycles. The third kappa shape index (κ3) is 2.80. The van der Waals surface area contributed by atoms with Crippen molar-refractivity contribution in [3.8, 4) is 0 Å². The van der Waals surface area contributed by atoms with Crippen LogP contribution in [0.3, 0.4) is 0 Å². The van der Waals surface area contributed by atoms with Crippen molar-refractivity contribution in [2.75, 3.05) is 6.54 Å². The molecule has 1 aliphatic rings. The summed E-state index contributed by atoms with van der Waals surface area (Å²) in [6.45, 7) is 6.46. The van der Waals surface area contributed by atoms with E-state index in [1.54, 1.807) is 6.07 Å². The smallest absolute Gasteiger partial charge is 0.151 e. The Balaban J connectivity index is 1.52. The Labute approximate surface area is 139 Å². The molecule has 7 heteroatoms. The molecule has 1 atom stereocenters. The predicted molar refractivity (Wildman–Crippen MR) is 89.0 cm³/mol. The second-order valence-corrected chi connectivity index (χ2v) is 6.47. The van der Waals surface area contributed by atoms with E-state index in [0.29, 0.717) is 18.1 Å². The SMILES string of the molecule is Cc1nc(C)n(C[C@H]2CCCN2Cc2nc3c(F)cccc3[nH]2)n1. The third-order valence-corrected chi connectivity index (χ3v) is 4.71. The van der Waals surface area contributed by atoms with Gasteiger partial charge in [-0.2, -0.15) is 5.10 Å². The first-order chi connectivity index (χ1) is 11.6. The quantitative estimate of drug-likeness (QED) is 0.799. The average molecular weight is 328 g/mol. The number of aryl methyl sites for hydroxylation is 2. The number of likely N-dealkylation sites (tertiary alicyclic amines) is 1. The topological polar surface area (TPSA) is 62.6 Å². The third-order valence-electron chi connectivity index (χ3n) is 4.71. The zero-order chi connectivity index (χ0) is 16.7. The summed E-state index contributed by atoms with van der Waals surface area (Å²) in [5, 5.41) is 4.47. The number of fused-ring (bicyclic) bond motifs is 1. The summed E-state index contributed by atoms with van der Waals surface area (Å²) in [6, 6.07) is 5.41. The molecule has 4 rings (SSSR count). The zero-order valence-electron chi connectivity index (χ0n) is 14.0. The fraction of sp³-hybridized carbons (Fsp3) is 0.471. The number of halogens is 1. The molecule has 1 aromatic carbocycles. The number of aromatic amines is 1. The number of rotatable bonds is 4. The van der Waals surface area contributed by atoms with Gasteiger partial charge in [0.05, 0.1) is 18.6 Å². The van der Waals surface area contributed by atoms with E-state index in [9.17, 15) is 4.39 Å². The molecule has 0 unspecified atom stereocenters. The highest BCUT2D eigenvalue weighted by molar-refractivity contribution is 5.75. The van der Waals surface area contributed by atoms with Crippen LogP contribution in [0.15, 0.2) is 18.2 Å². The summed E-state index contributed by atoms with van der Waals surface area (Å²) in [5.74, 6) is 2.30. The van der Waals surface area contributed by atoms with Gasteiger partial charge < -0.3 is 4.98 Å². The van der Waals surface area contributed by atoms with Crippen molar-refractivity contribution in [1.29, 1.82) is 0 Å². The van der Waals surface area contributed by atoms with Gasteiger partial charge in [-0.1, -0.05) is 6.07 Å². The molecule has 0 aliphatic carbocycles. The second-order valence-electron chi connectivity index (χ2n) is 6.47.